The Morgan fingerprint density at radius 1 is 1.13 bits per heavy atom. The summed E-state index contributed by atoms with van der Waals surface area (Å²) in [5, 5.41) is 39.9. The number of ether oxygens (including phenoxy) is 2. The monoisotopic (exact) mass is 591 g/mol. The Bertz CT molecular complexity index is 1330. The van der Waals surface area contributed by atoms with Crippen molar-refractivity contribution in [3.8, 4) is 0 Å². The Morgan fingerprint density at radius 3 is 2.50 bits per heavy atom. The van der Waals surface area contributed by atoms with Crippen LogP contribution in [0.3, 0.4) is 0 Å². The number of aliphatic hydroxyl groups excluding tert-OH is 4. The van der Waals surface area contributed by atoms with E-state index in [9.17, 15) is 48.5 Å². The molecule has 2 aromatic heterocycles. The standard InChI is InChI=1S/C16H24FN5O14P2/c1-4-8(23)10(25)6(17)15(33-4)35-38(30,31)36-37(28,29)32-2-5-9(24)11(26)14(34-5)22-3-19-7-12(22)20-16(18)21-13(7)27/h3-6,8-11,14-15,23-26H,2H2,1H3,(H,28,29)(H,30,31)(H3,18,20,21,27)/t4?,5-,6?,8-,9?,10?,11?,14-,15+/m1/s1. The number of fused-ring (bicyclic) bond motifs is 1. The molecule has 0 bridgehead atoms. The van der Waals surface area contributed by atoms with Gasteiger partial charge in [-0.1, -0.05) is 0 Å². The van der Waals surface area contributed by atoms with E-state index in [0.717, 1.165) is 10.9 Å². The normalized spacial score (nSPS) is 37.2. The van der Waals surface area contributed by atoms with Gasteiger partial charge in [-0.2, -0.15) is 9.29 Å². The average molecular weight is 591 g/mol. The van der Waals surface area contributed by atoms with Crippen LogP contribution in [-0.4, -0.2) is 105 Å². The van der Waals surface area contributed by atoms with Gasteiger partial charge in [-0.05, 0) is 6.92 Å². The first-order valence-electron chi connectivity index (χ1n) is 10.7. The van der Waals surface area contributed by atoms with E-state index >= 15 is 0 Å². The molecule has 19 nitrogen and oxygen atoms in total. The fraction of sp³-hybridized carbons (Fsp3) is 0.688. The second kappa shape index (κ2) is 10.6. The molecule has 38 heavy (non-hydrogen) atoms. The molecule has 0 spiro atoms. The number of phosphoric acid groups is 2. The summed E-state index contributed by atoms with van der Waals surface area (Å²) in [7, 11) is -11.1. The summed E-state index contributed by atoms with van der Waals surface area (Å²) in [6, 6.07) is 0. The first-order chi connectivity index (χ1) is 17.6. The van der Waals surface area contributed by atoms with Crippen molar-refractivity contribution in [3.63, 3.8) is 0 Å². The molecule has 2 fully saturated rings. The van der Waals surface area contributed by atoms with Crippen molar-refractivity contribution in [1.29, 1.82) is 0 Å². The third-order valence-corrected chi connectivity index (χ3v) is 8.27. The van der Waals surface area contributed by atoms with Crippen molar-refractivity contribution < 1.29 is 66.6 Å². The number of hydrogen-bond acceptors (Lipinski definition) is 15. The number of hydrogen-bond donors (Lipinski definition) is 8. The molecule has 2 aliphatic rings. The summed E-state index contributed by atoms with van der Waals surface area (Å²) >= 11 is 0. The second-order valence-corrected chi connectivity index (χ2v) is 11.4. The molecule has 22 heteroatoms. The Morgan fingerprint density at radius 2 is 1.82 bits per heavy atom. The van der Waals surface area contributed by atoms with Crippen LogP contribution in [0.1, 0.15) is 13.2 Å². The Balaban J connectivity index is 1.39. The van der Waals surface area contributed by atoms with Crippen molar-refractivity contribution in [2.45, 2.75) is 62.2 Å². The molecule has 0 amide bonds. The van der Waals surface area contributed by atoms with Crippen molar-refractivity contribution in [3.05, 3.63) is 16.7 Å². The minimum absolute atomic E-state index is 0.110. The average Bonchev–Trinajstić information content (AvgIpc) is 3.35. The van der Waals surface area contributed by atoms with Gasteiger partial charge in [-0.3, -0.25) is 23.4 Å². The molecular formula is C16H24FN5O14P2. The summed E-state index contributed by atoms with van der Waals surface area (Å²) in [6.45, 7) is 0.211. The van der Waals surface area contributed by atoms with Gasteiger partial charge in [-0.25, -0.2) is 18.5 Å². The highest BCUT2D eigenvalue weighted by Crippen LogP contribution is 2.61. The minimum atomic E-state index is -5.58. The largest absolute Gasteiger partial charge is 0.483 e. The van der Waals surface area contributed by atoms with Gasteiger partial charge < -0.3 is 45.4 Å². The van der Waals surface area contributed by atoms with Gasteiger partial charge in [0, 0.05) is 0 Å². The zero-order valence-corrected chi connectivity index (χ0v) is 20.9. The number of imidazole rings is 1. The molecular weight excluding hydrogens is 567 g/mol. The van der Waals surface area contributed by atoms with E-state index in [1.807, 2.05) is 0 Å². The molecule has 7 unspecified atom stereocenters. The molecule has 0 aliphatic carbocycles. The van der Waals surface area contributed by atoms with Gasteiger partial charge in [0.25, 0.3) is 5.56 Å². The van der Waals surface area contributed by atoms with Crippen LogP contribution < -0.4 is 11.3 Å². The molecule has 4 heterocycles. The van der Waals surface area contributed by atoms with Crippen LogP contribution in [0.2, 0.25) is 0 Å². The molecule has 0 aromatic carbocycles. The molecule has 11 atom stereocenters. The lowest BCUT2D eigenvalue weighted by Crippen LogP contribution is -2.55. The summed E-state index contributed by atoms with van der Waals surface area (Å²) in [5.74, 6) is -0.274. The molecule has 4 rings (SSSR count). The van der Waals surface area contributed by atoms with E-state index in [1.165, 1.54) is 6.92 Å². The number of nitrogens with zero attached hydrogens (tertiary/aromatic N) is 3. The number of nitrogen functional groups attached to an aromatic ring is 1. The third-order valence-electron chi connectivity index (χ3n) is 5.67. The maximum Gasteiger partial charge on any atom is 0.483 e. The van der Waals surface area contributed by atoms with Gasteiger partial charge >= 0.3 is 15.6 Å². The van der Waals surface area contributed by atoms with Crippen LogP contribution in [0, 0.1) is 0 Å². The smallest absolute Gasteiger partial charge is 0.388 e. The van der Waals surface area contributed by atoms with Crippen LogP contribution in [-0.2, 0) is 32.0 Å². The van der Waals surface area contributed by atoms with Crippen LogP contribution in [0.25, 0.3) is 11.2 Å². The zero-order valence-electron chi connectivity index (χ0n) is 19.1. The molecule has 214 valence electrons. The molecule has 2 aromatic rings. The predicted molar refractivity (Wildman–Crippen MR) is 118 cm³/mol. The molecule has 0 radical (unpaired) electrons. The highest BCUT2D eigenvalue weighted by Gasteiger charge is 2.49. The summed E-state index contributed by atoms with van der Waals surface area (Å²) in [6.07, 6.45) is -15.1. The van der Waals surface area contributed by atoms with Crippen LogP contribution in [0.5, 0.6) is 0 Å². The SMILES string of the molecule is CC1O[C@@H](OP(=O)(O)OP(=O)(O)OC[C@H]2O[C@@H](n3cnc4c(=O)[nH]c(N)nc43)C(O)C2O)C(F)C(O)[C@@H]1O. The topological polar surface area (TPSA) is 291 Å². The maximum absolute atomic E-state index is 14.1. The zero-order chi connectivity index (χ0) is 28.2. The van der Waals surface area contributed by atoms with E-state index < -0.39 is 83.1 Å². The van der Waals surface area contributed by atoms with E-state index in [-0.39, 0.29) is 17.1 Å². The minimum Gasteiger partial charge on any atom is -0.388 e. The lowest BCUT2D eigenvalue weighted by Gasteiger charge is -2.37. The molecule has 2 saturated heterocycles. The van der Waals surface area contributed by atoms with Crippen LogP contribution in [0.4, 0.5) is 10.3 Å². The van der Waals surface area contributed by atoms with E-state index in [1.54, 1.807) is 0 Å². The number of phosphoric ester groups is 2. The summed E-state index contributed by atoms with van der Waals surface area (Å²) in [5.41, 5.74) is 4.55. The first kappa shape index (κ1) is 29.1. The van der Waals surface area contributed by atoms with Gasteiger partial charge in [0.1, 0.15) is 30.5 Å². The van der Waals surface area contributed by atoms with Crippen molar-refractivity contribution in [1.82, 2.24) is 19.5 Å². The molecule has 0 saturated carbocycles. The number of aromatic nitrogens is 4. The number of halogens is 1. The van der Waals surface area contributed by atoms with Crippen LogP contribution in [0.15, 0.2) is 11.1 Å². The number of alkyl halides is 1. The number of aromatic amines is 1. The predicted octanol–water partition coefficient (Wildman–Crippen LogP) is -2.62. The fourth-order valence-electron chi connectivity index (χ4n) is 3.78. The molecule has 9 N–H and O–H groups in total. The first-order valence-corrected chi connectivity index (χ1v) is 13.7. The Kier molecular flexibility index (Phi) is 8.10. The third kappa shape index (κ3) is 5.82. The lowest BCUT2D eigenvalue weighted by molar-refractivity contribution is -0.254. The Labute approximate surface area is 210 Å². The number of nitrogens with two attached hydrogens (primary N) is 1. The van der Waals surface area contributed by atoms with Gasteiger partial charge in [0.05, 0.1) is 19.0 Å². The van der Waals surface area contributed by atoms with Gasteiger partial charge in [-0.15, -0.1) is 0 Å². The number of anilines is 1. The van der Waals surface area contributed by atoms with Crippen molar-refractivity contribution in [2.24, 2.45) is 0 Å². The number of aliphatic hydroxyl groups is 4. The lowest BCUT2D eigenvalue weighted by atomic mass is 10.0. The highest BCUT2D eigenvalue weighted by atomic mass is 31.3. The van der Waals surface area contributed by atoms with Crippen LogP contribution >= 0.6 is 15.6 Å². The van der Waals surface area contributed by atoms with Gasteiger partial charge in [0.2, 0.25) is 12.2 Å². The number of H-pyrrole nitrogens is 1. The maximum atomic E-state index is 14.1. The quantitative estimate of drug-likeness (QED) is 0.146. The van der Waals surface area contributed by atoms with Crippen molar-refractivity contribution in [2.75, 3.05) is 12.3 Å². The number of nitrogens with one attached hydrogen (secondary N) is 1. The summed E-state index contributed by atoms with van der Waals surface area (Å²) in [4.78, 5) is 41.5. The summed E-state index contributed by atoms with van der Waals surface area (Å²) < 4.78 is 63.0. The van der Waals surface area contributed by atoms with Gasteiger partial charge in [0.15, 0.2) is 23.6 Å². The Hall–Kier alpha value is -1.90. The van der Waals surface area contributed by atoms with E-state index in [0.29, 0.717) is 0 Å². The number of rotatable bonds is 8. The van der Waals surface area contributed by atoms with E-state index in [2.05, 4.69) is 28.3 Å². The van der Waals surface area contributed by atoms with E-state index in [4.69, 9.17) is 15.2 Å². The fourth-order valence-corrected chi connectivity index (χ4v) is 5.92. The van der Waals surface area contributed by atoms with Crippen molar-refractivity contribution >= 4 is 32.8 Å². The second-order valence-electron chi connectivity index (χ2n) is 8.38. The highest BCUT2D eigenvalue weighted by molar-refractivity contribution is 7.61. The molecule has 2 aliphatic heterocycles.